The minimum absolute atomic E-state index is 0.0301. The van der Waals surface area contributed by atoms with Crippen LogP contribution in [0.3, 0.4) is 0 Å². The van der Waals surface area contributed by atoms with Crippen LogP contribution in [0.15, 0.2) is 34.7 Å². The Morgan fingerprint density at radius 3 is 2.45 bits per heavy atom. The van der Waals surface area contributed by atoms with Gasteiger partial charge in [-0.1, -0.05) is 25.8 Å². The number of aromatic nitrogens is 1. The van der Waals surface area contributed by atoms with Crippen LogP contribution >= 0.6 is 11.3 Å². The van der Waals surface area contributed by atoms with Gasteiger partial charge >= 0.3 is 0 Å². The van der Waals surface area contributed by atoms with Crippen molar-refractivity contribution >= 4 is 23.2 Å². The van der Waals surface area contributed by atoms with E-state index >= 15 is 0 Å². The SMILES string of the molecule is CCC(C)n1cc(C(=O)NCc2cccs2)c(=O)c(C(=O)N2CCCCCC2)c1. The van der Waals surface area contributed by atoms with Gasteiger partial charge in [-0.3, -0.25) is 14.4 Å². The van der Waals surface area contributed by atoms with Crippen molar-refractivity contribution in [1.29, 1.82) is 0 Å². The second kappa shape index (κ2) is 9.87. The van der Waals surface area contributed by atoms with Gasteiger partial charge in [0.15, 0.2) is 0 Å². The van der Waals surface area contributed by atoms with Crippen LogP contribution in [-0.2, 0) is 6.54 Å². The van der Waals surface area contributed by atoms with Crippen molar-refractivity contribution < 1.29 is 9.59 Å². The fraction of sp³-hybridized carbons (Fsp3) is 0.500. The number of amides is 2. The van der Waals surface area contributed by atoms with E-state index in [-0.39, 0.29) is 23.1 Å². The Hall–Kier alpha value is -2.41. The Morgan fingerprint density at radius 2 is 1.83 bits per heavy atom. The number of nitrogens with one attached hydrogen (secondary N) is 1. The molecule has 3 rings (SSSR count). The molecule has 2 aromatic heterocycles. The molecular formula is C22H29N3O3S. The molecule has 3 heterocycles. The van der Waals surface area contributed by atoms with Gasteiger partial charge in [0.05, 0.1) is 6.54 Å². The topological polar surface area (TPSA) is 71.4 Å². The van der Waals surface area contributed by atoms with E-state index in [1.807, 2.05) is 35.9 Å². The highest BCUT2D eigenvalue weighted by molar-refractivity contribution is 7.09. The number of carbonyl (C=O) groups is 2. The van der Waals surface area contributed by atoms with Crippen molar-refractivity contribution in [3.63, 3.8) is 0 Å². The van der Waals surface area contributed by atoms with Gasteiger partial charge in [0, 0.05) is 36.4 Å². The molecule has 0 aromatic carbocycles. The van der Waals surface area contributed by atoms with Crippen molar-refractivity contribution in [2.45, 2.75) is 58.5 Å². The van der Waals surface area contributed by atoms with Gasteiger partial charge in [0.2, 0.25) is 5.43 Å². The molecule has 1 N–H and O–H groups in total. The fourth-order valence-electron chi connectivity index (χ4n) is 3.50. The molecular weight excluding hydrogens is 386 g/mol. The molecule has 1 aliphatic heterocycles. The highest BCUT2D eigenvalue weighted by Crippen LogP contribution is 2.16. The smallest absolute Gasteiger partial charge is 0.259 e. The molecule has 6 nitrogen and oxygen atoms in total. The zero-order chi connectivity index (χ0) is 20.8. The summed E-state index contributed by atoms with van der Waals surface area (Å²) in [6.45, 7) is 5.74. The van der Waals surface area contributed by atoms with E-state index in [1.165, 1.54) is 0 Å². The van der Waals surface area contributed by atoms with Gasteiger partial charge in [-0.25, -0.2) is 0 Å². The lowest BCUT2D eigenvalue weighted by Gasteiger charge is -2.22. The molecule has 29 heavy (non-hydrogen) atoms. The summed E-state index contributed by atoms with van der Waals surface area (Å²) in [4.78, 5) is 41.8. The summed E-state index contributed by atoms with van der Waals surface area (Å²) >= 11 is 1.55. The molecule has 1 fully saturated rings. The number of rotatable bonds is 6. The summed E-state index contributed by atoms with van der Waals surface area (Å²) < 4.78 is 1.83. The Labute approximate surface area is 175 Å². The van der Waals surface area contributed by atoms with E-state index in [0.29, 0.717) is 19.6 Å². The van der Waals surface area contributed by atoms with E-state index in [4.69, 9.17) is 0 Å². The fourth-order valence-corrected chi connectivity index (χ4v) is 4.14. The van der Waals surface area contributed by atoms with Crippen LogP contribution in [0.4, 0.5) is 0 Å². The zero-order valence-corrected chi connectivity index (χ0v) is 18.0. The first-order valence-electron chi connectivity index (χ1n) is 10.4. The second-order valence-electron chi connectivity index (χ2n) is 7.59. The molecule has 0 bridgehead atoms. The number of carbonyl (C=O) groups excluding carboxylic acids is 2. The lowest BCUT2D eigenvalue weighted by atomic mass is 10.1. The molecule has 2 aromatic rings. The summed E-state index contributed by atoms with van der Waals surface area (Å²) in [6, 6.07) is 3.93. The summed E-state index contributed by atoms with van der Waals surface area (Å²) in [5, 5.41) is 4.76. The Kier molecular flexibility index (Phi) is 7.25. The first-order chi connectivity index (χ1) is 14.0. The van der Waals surface area contributed by atoms with Crippen molar-refractivity contribution in [2.24, 2.45) is 0 Å². The third-order valence-electron chi connectivity index (χ3n) is 5.52. The van der Waals surface area contributed by atoms with Crippen LogP contribution in [-0.4, -0.2) is 34.4 Å². The monoisotopic (exact) mass is 415 g/mol. The number of hydrogen-bond donors (Lipinski definition) is 1. The van der Waals surface area contributed by atoms with Crippen LogP contribution in [0.5, 0.6) is 0 Å². The van der Waals surface area contributed by atoms with Crippen LogP contribution in [0, 0.1) is 0 Å². The van der Waals surface area contributed by atoms with Crippen LogP contribution in [0.2, 0.25) is 0 Å². The van der Waals surface area contributed by atoms with Crippen LogP contribution in [0.25, 0.3) is 0 Å². The van der Waals surface area contributed by atoms with Gasteiger partial charge in [0.25, 0.3) is 11.8 Å². The highest BCUT2D eigenvalue weighted by Gasteiger charge is 2.24. The summed E-state index contributed by atoms with van der Waals surface area (Å²) in [7, 11) is 0. The normalized spacial score (nSPS) is 15.6. The van der Waals surface area contributed by atoms with Crippen molar-refractivity contribution in [3.8, 4) is 0 Å². The number of likely N-dealkylation sites (tertiary alicyclic amines) is 1. The molecule has 0 spiro atoms. The van der Waals surface area contributed by atoms with Crippen LogP contribution < -0.4 is 10.7 Å². The average molecular weight is 416 g/mol. The number of hydrogen-bond acceptors (Lipinski definition) is 4. The first kappa shape index (κ1) is 21.3. The molecule has 0 aliphatic carbocycles. The largest absolute Gasteiger partial charge is 0.350 e. The Bertz CT molecular complexity index is 897. The zero-order valence-electron chi connectivity index (χ0n) is 17.1. The van der Waals surface area contributed by atoms with Crippen molar-refractivity contribution in [2.75, 3.05) is 13.1 Å². The maximum Gasteiger partial charge on any atom is 0.259 e. The lowest BCUT2D eigenvalue weighted by molar-refractivity contribution is 0.0759. The summed E-state index contributed by atoms with van der Waals surface area (Å²) in [5.41, 5.74) is -0.360. The van der Waals surface area contributed by atoms with Crippen LogP contribution in [0.1, 0.15) is 77.6 Å². The molecule has 0 saturated carbocycles. The van der Waals surface area contributed by atoms with E-state index in [9.17, 15) is 14.4 Å². The maximum absolute atomic E-state index is 13.1. The van der Waals surface area contributed by atoms with Gasteiger partial charge in [-0.15, -0.1) is 11.3 Å². The molecule has 1 unspecified atom stereocenters. The standard InChI is InChI=1S/C22H29N3O3S/c1-3-16(2)25-14-18(21(27)23-13-17-9-8-12-29-17)20(26)19(15-25)22(28)24-10-6-4-5-7-11-24/h8-9,12,14-16H,3-7,10-11,13H2,1-2H3,(H,23,27). The van der Waals surface area contributed by atoms with E-state index < -0.39 is 11.3 Å². The number of thiophene rings is 1. The minimum Gasteiger partial charge on any atom is -0.350 e. The van der Waals surface area contributed by atoms with E-state index in [2.05, 4.69) is 5.32 Å². The molecule has 156 valence electrons. The summed E-state index contributed by atoms with van der Waals surface area (Å²) in [5.74, 6) is -0.701. The molecule has 2 amide bonds. The molecule has 1 saturated heterocycles. The molecule has 1 aliphatic rings. The minimum atomic E-state index is -0.484. The lowest BCUT2D eigenvalue weighted by Crippen LogP contribution is -2.38. The quantitative estimate of drug-likeness (QED) is 0.779. The first-order valence-corrected chi connectivity index (χ1v) is 11.2. The van der Waals surface area contributed by atoms with Crippen molar-refractivity contribution in [1.82, 2.24) is 14.8 Å². The summed E-state index contributed by atoms with van der Waals surface area (Å²) in [6.07, 6.45) is 8.15. The van der Waals surface area contributed by atoms with Gasteiger partial charge in [-0.2, -0.15) is 0 Å². The third-order valence-corrected chi connectivity index (χ3v) is 6.39. The van der Waals surface area contributed by atoms with Gasteiger partial charge < -0.3 is 14.8 Å². The number of pyridine rings is 1. The average Bonchev–Trinajstić information content (AvgIpc) is 3.11. The Morgan fingerprint density at radius 1 is 1.14 bits per heavy atom. The Balaban J connectivity index is 1.92. The molecule has 0 radical (unpaired) electrons. The highest BCUT2D eigenvalue weighted by atomic mass is 32.1. The maximum atomic E-state index is 13.1. The molecule has 7 heteroatoms. The molecule has 1 atom stereocenters. The number of nitrogens with zero attached hydrogens (tertiary/aromatic N) is 2. The van der Waals surface area contributed by atoms with E-state index in [1.54, 1.807) is 28.6 Å². The van der Waals surface area contributed by atoms with E-state index in [0.717, 1.165) is 37.0 Å². The predicted octanol–water partition coefficient (Wildman–Crippen LogP) is 3.83. The van der Waals surface area contributed by atoms with Gasteiger partial charge in [0.1, 0.15) is 11.1 Å². The van der Waals surface area contributed by atoms with Gasteiger partial charge in [-0.05, 0) is 37.6 Å². The third kappa shape index (κ3) is 5.15. The van der Waals surface area contributed by atoms with Crippen molar-refractivity contribution in [3.05, 3.63) is 56.1 Å². The second-order valence-corrected chi connectivity index (χ2v) is 8.62. The predicted molar refractivity (Wildman–Crippen MR) is 116 cm³/mol.